The summed E-state index contributed by atoms with van der Waals surface area (Å²) < 4.78 is 26.8. The third kappa shape index (κ3) is 5.65. The molecule has 0 bridgehead atoms. The highest BCUT2D eigenvalue weighted by Gasteiger charge is 2.22. The molecule has 1 aliphatic carbocycles. The van der Waals surface area contributed by atoms with Gasteiger partial charge in [-0.1, -0.05) is 42.4 Å². The van der Waals surface area contributed by atoms with Crippen LogP contribution in [0.15, 0.2) is 6.20 Å². The molecule has 1 fully saturated rings. The minimum atomic E-state index is -3.34. The van der Waals surface area contributed by atoms with Crippen molar-refractivity contribution in [2.45, 2.75) is 38.5 Å². The Morgan fingerprint density at radius 1 is 1.38 bits per heavy atom. The smallest absolute Gasteiger partial charge is 0.234 e. The lowest BCUT2D eigenvalue weighted by molar-refractivity contribution is 0.305. The average Bonchev–Trinajstić information content (AvgIpc) is 2.86. The average molecular weight is 328 g/mol. The first-order chi connectivity index (χ1) is 10.1. The molecule has 21 heavy (non-hydrogen) atoms. The minimum absolute atomic E-state index is 0.0205. The van der Waals surface area contributed by atoms with E-state index in [1.54, 1.807) is 6.20 Å². The van der Waals surface area contributed by atoms with Crippen molar-refractivity contribution >= 4 is 26.5 Å². The molecular formula is C14H20N2O3S2. The molecule has 7 heteroatoms. The summed E-state index contributed by atoms with van der Waals surface area (Å²) in [5.41, 5.74) is 0. The molecule has 116 valence electrons. The van der Waals surface area contributed by atoms with Crippen molar-refractivity contribution in [2.75, 3.05) is 17.1 Å². The van der Waals surface area contributed by atoms with Gasteiger partial charge in [0.25, 0.3) is 0 Å². The van der Waals surface area contributed by atoms with E-state index in [9.17, 15) is 8.42 Å². The number of anilines is 1. The van der Waals surface area contributed by atoms with E-state index in [0.717, 1.165) is 25.7 Å². The Morgan fingerprint density at radius 3 is 2.86 bits per heavy atom. The van der Waals surface area contributed by atoms with Gasteiger partial charge >= 0.3 is 0 Å². The molecular weight excluding hydrogens is 308 g/mol. The summed E-state index contributed by atoms with van der Waals surface area (Å²) in [5.74, 6) is 6.07. The highest BCUT2D eigenvalue weighted by atomic mass is 32.2. The second-order valence-corrected chi connectivity index (χ2v) is 7.99. The molecule has 0 amide bonds. The fourth-order valence-corrected chi connectivity index (χ4v) is 4.87. The molecule has 0 aliphatic heterocycles. The van der Waals surface area contributed by atoms with Gasteiger partial charge in [0.05, 0.1) is 23.4 Å². The zero-order chi connectivity index (χ0) is 15.1. The van der Waals surface area contributed by atoms with Crippen molar-refractivity contribution in [3.8, 4) is 11.8 Å². The van der Waals surface area contributed by atoms with E-state index in [2.05, 4.69) is 21.5 Å². The van der Waals surface area contributed by atoms with Crippen LogP contribution in [0.4, 0.5) is 5.13 Å². The van der Waals surface area contributed by atoms with Crippen LogP contribution in [0, 0.1) is 17.8 Å². The van der Waals surface area contributed by atoms with E-state index in [1.807, 2.05) is 0 Å². The molecule has 2 N–H and O–H groups in total. The normalized spacial score (nSPS) is 16.2. The van der Waals surface area contributed by atoms with Gasteiger partial charge in [0.2, 0.25) is 10.0 Å². The summed E-state index contributed by atoms with van der Waals surface area (Å²) in [7, 11) is -3.34. The molecule has 1 aromatic heterocycles. The summed E-state index contributed by atoms with van der Waals surface area (Å²) in [4.78, 5) is 4.73. The summed E-state index contributed by atoms with van der Waals surface area (Å²) >= 11 is 1.22. The maximum atomic E-state index is 12.1. The second kappa shape index (κ2) is 7.78. The maximum absolute atomic E-state index is 12.1. The standard InChI is InChI=1S/C14H20N2O3S2/c17-9-5-4-8-13-10-15-14(20-13)16-21(18,19)11-12-6-2-1-3-7-12/h10,12,17H,1-3,5-7,9,11H2,(H,15,16). The Morgan fingerprint density at radius 2 is 2.14 bits per heavy atom. The Bertz CT molecular complexity index is 608. The van der Waals surface area contributed by atoms with E-state index in [0.29, 0.717) is 16.4 Å². The molecule has 0 aromatic carbocycles. The lowest BCUT2D eigenvalue weighted by Gasteiger charge is -2.21. The molecule has 1 aromatic rings. The van der Waals surface area contributed by atoms with Crippen LogP contribution in [0.1, 0.15) is 43.4 Å². The number of thiazole rings is 1. The van der Waals surface area contributed by atoms with Crippen LogP contribution in [-0.4, -0.2) is 30.9 Å². The Balaban J connectivity index is 1.92. The van der Waals surface area contributed by atoms with Crippen molar-refractivity contribution < 1.29 is 13.5 Å². The number of sulfonamides is 1. The van der Waals surface area contributed by atoms with Gasteiger partial charge in [0.1, 0.15) is 0 Å². The van der Waals surface area contributed by atoms with Crippen molar-refractivity contribution in [1.82, 2.24) is 4.98 Å². The van der Waals surface area contributed by atoms with Crippen LogP contribution in [0.2, 0.25) is 0 Å². The van der Waals surface area contributed by atoms with E-state index in [-0.39, 0.29) is 18.3 Å². The van der Waals surface area contributed by atoms with E-state index in [4.69, 9.17) is 5.11 Å². The van der Waals surface area contributed by atoms with Crippen LogP contribution in [0.3, 0.4) is 0 Å². The van der Waals surface area contributed by atoms with Gasteiger partial charge in [-0.25, -0.2) is 13.4 Å². The highest BCUT2D eigenvalue weighted by molar-refractivity contribution is 7.92. The predicted octanol–water partition coefficient (Wildman–Crippen LogP) is 2.20. The summed E-state index contributed by atoms with van der Waals surface area (Å²) in [6.45, 7) is 0.0205. The number of rotatable bonds is 5. The Kier molecular flexibility index (Phi) is 6.03. The molecule has 1 aliphatic rings. The van der Waals surface area contributed by atoms with Crippen LogP contribution in [0.5, 0.6) is 0 Å². The van der Waals surface area contributed by atoms with Crippen molar-refractivity contribution in [3.05, 3.63) is 11.1 Å². The van der Waals surface area contributed by atoms with Crippen LogP contribution in [-0.2, 0) is 10.0 Å². The molecule has 0 unspecified atom stereocenters. The predicted molar refractivity (Wildman–Crippen MR) is 84.7 cm³/mol. The molecule has 0 spiro atoms. The maximum Gasteiger partial charge on any atom is 0.234 e. The van der Waals surface area contributed by atoms with Crippen LogP contribution < -0.4 is 4.72 Å². The van der Waals surface area contributed by atoms with Crippen molar-refractivity contribution in [2.24, 2.45) is 5.92 Å². The highest BCUT2D eigenvalue weighted by Crippen LogP contribution is 2.26. The van der Waals surface area contributed by atoms with Gasteiger partial charge in [0.15, 0.2) is 5.13 Å². The monoisotopic (exact) mass is 328 g/mol. The zero-order valence-corrected chi connectivity index (χ0v) is 13.5. The first kappa shape index (κ1) is 16.3. The molecule has 0 atom stereocenters. The largest absolute Gasteiger partial charge is 0.395 e. The van der Waals surface area contributed by atoms with E-state index < -0.39 is 10.0 Å². The van der Waals surface area contributed by atoms with Crippen LogP contribution in [0.25, 0.3) is 0 Å². The summed E-state index contributed by atoms with van der Waals surface area (Å²) in [6, 6.07) is 0. The number of nitrogens with one attached hydrogen (secondary N) is 1. The third-order valence-electron chi connectivity index (χ3n) is 3.38. The summed E-state index contributed by atoms with van der Waals surface area (Å²) in [5, 5.41) is 9.01. The lowest BCUT2D eigenvalue weighted by atomic mass is 9.91. The Labute approximate surface area is 129 Å². The zero-order valence-electron chi connectivity index (χ0n) is 11.8. The van der Waals surface area contributed by atoms with Gasteiger partial charge in [-0.15, -0.1) is 0 Å². The quantitative estimate of drug-likeness (QED) is 0.812. The molecule has 0 saturated heterocycles. The number of aliphatic hydroxyl groups excluding tert-OH is 1. The molecule has 0 radical (unpaired) electrons. The van der Waals surface area contributed by atoms with E-state index in [1.165, 1.54) is 17.8 Å². The lowest BCUT2D eigenvalue weighted by Crippen LogP contribution is -2.24. The Hall–Kier alpha value is -1.10. The van der Waals surface area contributed by atoms with E-state index >= 15 is 0 Å². The number of aliphatic hydroxyl groups is 1. The number of hydrogen-bond acceptors (Lipinski definition) is 5. The molecule has 2 rings (SSSR count). The fourth-order valence-electron chi connectivity index (χ4n) is 2.42. The van der Waals surface area contributed by atoms with Gasteiger partial charge in [-0.3, -0.25) is 4.72 Å². The number of hydrogen-bond donors (Lipinski definition) is 2. The summed E-state index contributed by atoms with van der Waals surface area (Å²) in [6.07, 6.45) is 7.41. The molecule has 5 nitrogen and oxygen atoms in total. The second-order valence-electron chi connectivity index (χ2n) is 5.19. The number of nitrogens with zero attached hydrogens (tertiary/aromatic N) is 1. The minimum Gasteiger partial charge on any atom is -0.395 e. The van der Waals surface area contributed by atoms with Gasteiger partial charge in [-0.2, -0.15) is 0 Å². The SMILES string of the molecule is O=S(=O)(CC1CCCCC1)Nc1ncc(C#CCCO)s1. The first-order valence-corrected chi connectivity index (χ1v) is 9.62. The fraction of sp³-hybridized carbons (Fsp3) is 0.643. The number of aromatic nitrogens is 1. The topological polar surface area (TPSA) is 79.3 Å². The molecule has 1 heterocycles. The van der Waals surface area contributed by atoms with Gasteiger partial charge in [0, 0.05) is 6.42 Å². The van der Waals surface area contributed by atoms with Crippen LogP contribution >= 0.6 is 11.3 Å². The van der Waals surface area contributed by atoms with Gasteiger partial charge < -0.3 is 5.11 Å². The van der Waals surface area contributed by atoms with Crippen molar-refractivity contribution in [1.29, 1.82) is 0 Å². The van der Waals surface area contributed by atoms with Gasteiger partial charge in [-0.05, 0) is 18.8 Å². The third-order valence-corrected chi connectivity index (χ3v) is 5.75. The van der Waals surface area contributed by atoms with Crippen molar-refractivity contribution in [3.63, 3.8) is 0 Å². The molecule has 1 saturated carbocycles. The first-order valence-electron chi connectivity index (χ1n) is 7.15.